The highest BCUT2D eigenvalue weighted by Crippen LogP contribution is 2.38. The van der Waals surface area contributed by atoms with Crippen molar-refractivity contribution in [3.05, 3.63) is 168 Å². The molecule has 50 heavy (non-hydrogen) atoms. The molecule has 0 radical (unpaired) electrons. The molecule has 9 aromatic rings. The Morgan fingerprint density at radius 1 is 0.320 bits per heavy atom. The summed E-state index contributed by atoms with van der Waals surface area (Å²) in [4.78, 5) is 0. The van der Waals surface area contributed by atoms with E-state index < -0.39 is 0 Å². The molecule has 5 heteroatoms. The van der Waals surface area contributed by atoms with Gasteiger partial charge in [-0.25, -0.2) is 0 Å². The van der Waals surface area contributed by atoms with E-state index in [9.17, 15) is 15.8 Å². The summed E-state index contributed by atoms with van der Waals surface area (Å²) in [7, 11) is 0. The fourth-order valence-corrected chi connectivity index (χ4v) is 7.28. The van der Waals surface area contributed by atoms with Crippen LogP contribution >= 0.6 is 0 Å². The second-order valence-electron chi connectivity index (χ2n) is 12.4. The number of aromatic nitrogens is 2. The molecule has 0 spiro atoms. The SMILES string of the molecule is N#Cc1ccc(-c2cc(-c3cccc(-n4c5ccc(C#N)cc5c5cc(C#N)ccc54)c3)cc(-n3c4ccccc4c4ccccc43)c2)cc1. The third-order valence-electron chi connectivity index (χ3n) is 9.56. The van der Waals surface area contributed by atoms with E-state index in [-0.39, 0.29) is 0 Å². The van der Waals surface area contributed by atoms with Crippen LogP contribution in [0.5, 0.6) is 0 Å². The van der Waals surface area contributed by atoms with E-state index >= 15 is 0 Å². The van der Waals surface area contributed by atoms with Gasteiger partial charge in [0.05, 0.1) is 57.0 Å². The lowest BCUT2D eigenvalue weighted by Gasteiger charge is -2.15. The lowest BCUT2D eigenvalue weighted by Crippen LogP contribution is -1.97. The van der Waals surface area contributed by atoms with E-state index in [4.69, 9.17) is 0 Å². The summed E-state index contributed by atoms with van der Waals surface area (Å²) in [5.74, 6) is 0. The van der Waals surface area contributed by atoms with Crippen LogP contribution in [0.4, 0.5) is 0 Å². The molecule has 230 valence electrons. The second kappa shape index (κ2) is 11.4. The lowest BCUT2D eigenvalue weighted by atomic mass is 9.97. The average Bonchev–Trinajstić information content (AvgIpc) is 3.70. The molecular formula is C45H25N5. The third kappa shape index (κ3) is 4.53. The van der Waals surface area contributed by atoms with Crippen LogP contribution in [-0.2, 0) is 0 Å². The summed E-state index contributed by atoms with van der Waals surface area (Å²) in [6.07, 6.45) is 0. The van der Waals surface area contributed by atoms with Gasteiger partial charge in [0, 0.05) is 32.9 Å². The van der Waals surface area contributed by atoms with Crippen molar-refractivity contribution in [2.45, 2.75) is 0 Å². The Morgan fingerprint density at radius 2 is 0.800 bits per heavy atom. The van der Waals surface area contributed by atoms with Crippen molar-refractivity contribution < 1.29 is 0 Å². The molecule has 0 unspecified atom stereocenters. The summed E-state index contributed by atoms with van der Waals surface area (Å²) in [5, 5.41) is 33.1. The minimum absolute atomic E-state index is 0.574. The first kappa shape index (κ1) is 28.8. The van der Waals surface area contributed by atoms with Crippen LogP contribution in [-0.4, -0.2) is 9.13 Å². The minimum atomic E-state index is 0.574. The van der Waals surface area contributed by atoms with E-state index in [1.54, 1.807) is 0 Å². The van der Waals surface area contributed by atoms with Gasteiger partial charge in [0.15, 0.2) is 0 Å². The van der Waals surface area contributed by atoms with Crippen LogP contribution in [0.3, 0.4) is 0 Å². The molecule has 0 atom stereocenters. The molecule has 0 aliphatic rings. The molecule has 9 rings (SSSR count). The van der Waals surface area contributed by atoms with Gasteiger partial charge < -0.3 is 9.13 Å². The zero-order valence-electron chi connectivity index (χ0n) is 26.7. The Hall–Kier alpha value is -7.39. The standard InChI is InChI=1S/C45H25N5/c46-26-29-12-16-32(17-13-29)34-22-35(25-37(24-34)50-42-10-3-1-8-38(42)39-9-2-4-11-43(39)50)33-6-5-7-36(23-33)49-44-18-14-30(27-47)20-40(44)41-21-31(28-48)15-19-45(41)49/h1-25H. The van der Waals surface area contributed by atoms with Gasteiger partial charge in [0.2, 0.25) is 0 Å². The fraction of sp³-hybridized carbons (Fsp3) is 0. The highest BCUT2D eigenvalue weighted by molar-refractivity contribution is 6.11. The summed E-state index contributed by atoms with van der Waals surface area (Å²) in [6, 6.07) is 58.1. The van der Waals surface area contributed by atoms with E-state index in [0.29, 0.717) is 16.7 Å². The zero-order valence-corrected chi connectivity index (χ0v) is 26.7. The number of hydrogen-bond donors (Lipinski definition) is 0. The first-order valence-electron chi connectivity index (χ1n) is 16.3. The maximum Gasteiger partial charge on any atom is 0.0991 e. The van der Waals surface area contributed by atoms with E-state index in [0.717, 1.165) is 66.5 Å². The molecule has 0 N–H and O–H groups in total. The van der Waals surface area contributed by atoms with Crippen molar-refractivity contribution in [2.75, 3.05) is 0 Å². The van der Waals surface area contributed by atoms with Crippen LogP contribution in [0.1, 0.15) is 16.7 Å². The normalized spacial score (nSPS) is 11.1. The Bertz CT molecular complexity index is 2830. The van der Waals surface area contributed by atoms with Gasteiger partial charge in [-0.2, -0.15) is 15.8 Å². The highest BCUT2D eigenvalue weighted by atomic mass is 15.0. The van der Waals surface area contributed by atoms with Crippen LogP contribution in [0.25, 0.3) is 77.2 Å². The summed E-state index contributed by atoms with van der Waals surface area (Å²) >= 11 is 0. The van der Waals surface area contributed by atoms with Crippen molar-refractivity contribution >= 4 is 43.6 Å². The van der Waals surface area contributed by atoms with Crippen LogP contribution < -0.4 is 0 Å². The molecule has 7 aromatic carbocycles. The number of hydrogen-bond acceptors (Lipinski definition) is 3. The maximum atomic E-state index is 9.67. The Kier molecular flexibility index (Phi) is 6.56. The first-order valence-corrected chi connectivity index (χ1v) is 16.3. The summed E-state index contributed by atoms with van der Waals surface area (Å²) in [5.41, 5.74) is 12.1. The number of para-hydroxylation sites is 2. The molecule has 0 bridgehead atoms. The third-order valence-corrected chi connectivity index (χ3v) is 9.56. The molecule has 0 saturated heterocycles. The van der Waals surface area contributed by atoms with Crippen molar-refractivity contribution in [3.8, 4) is 51.8 Å². The Balaban J connectivity index is 1.29. The van der Waals surface area contributed by atoms with Gasteiger partial charge in [-0.15, -0.1) is 0 Å². The van der Waals surface area contributed by atoms with Gasteiger partial charge in [0.1, 0.15) is 0 Å². The molecule has 0 saturated carbocycles. The zero-order chi connectivity index (χ0) is 33.8. The average molecular weight is 636 g/mol. The van der Waals surface area contributed by atoms with Crippen molar-refractivity contribution in [2.24, 2.45) is 0 Å². The summed E-state index contributed by atoms with van der Waals surface area (Å²) < 4.78 is 4.53. The second-order valence-corrected chi connectivity index (χ2v) is 12.4. The van der Waals surface area contributed by atoms with Gasteiger partial charge in [0.25, 0.3) is 0 Å². The van der Waals surface area contributed by atoms with Crippen molar-refractivity contribution in [1.29, 1.82) is 15.8 Å². The van der Waals surface area contributed by atoms with Gasteiger partial charge in [-0.1, -0.05) is 60.7 Å². The summed E-state index contributed by atoms with van der Waals surface area (Å²) in [6.45, 7) is 0. The Morgan fingerprint density at radius 3 is 1.38 bits per heavy atom. The maximum absolute atomic E-state index is 9.67. The predicted octanol–water partition coefficient (Wildman–Crippen LogP) is 10.8. The van der Waals surface area contributed by atoms with Gasteiger partial charge in [-0.3, -0.25) is 0 Å². The number of rotatable bonds is 4. The molecule has 0 aliphatic heterocycles. The van der Waals surface area contributed by atoms with E-state index in [1.165, 1.54) is 10.8 Å². The molecule has 5 nitrogen and oxygen atoms in total. The highest BCUT2D eigenvalue weighted by Gasteiger charge is 2.17. The fourth-order valence-electron chi connectivity index (χ4n) is 7.28. The molecule has 0 aliphatic carbocycles. The smallest absolute Gasteiger partial charge is 0.0991 e. The molecule has 2 aromatic heterocycles. The monoisotopic (exact) mass is 635 g/mol. The van der Waals surface area contributed by atoms with E-state index in [1.807, 2.05) is 60.7 Å². The first-order chi connectivity index (χ1) is 24.6. The van der Waals surface area contributed by atoms with E-state index in [2.05, 4.69) is 118 Å². The number of nitriles is 3. The number of fused-ring (bicyclic) bond motifs is 6. The van der Waals surface area contributed by atoms with Gasteiger partial charge >= 0.3 is 0 Å². The topological polar surface area (TPSA) is 81.2 Å². The molecule has 0 fully saturated rings. The van der Waals surface area contributed by atoms with Crippen LogP contribution in [0.15, 0.2) is 152 Å². The largest absolute Gasteiger partial charge is 0.309 e. The van der Waals surface area contributed by atoms with Gasteiger partial charge in [-0.05, 0) is 113 Å². The molecule has 0 amide bonds. The number of nitrogens with zero attached hydrogens (tertiary/aromatic N) is 5. The Labute approximate surface area is 287 Å². The van der Waals surface area contributed by atoms with Crippen molar-refractivity contribution in [1.82, 2.24) is 9.13 Å². The van der Waals surface area contributed by atoms with Crippen LogP contribution in [0, 0.1) is 34.0 Å². The quantitative estimate of drug-likeness (QED) is 0.193. The molecule has 2 heterocycles. The molecular weight excluding hydrogens is 611 g/mol. The minimum Gasteiger partial charge on any atom is -0.309 e. The predicted molar refractivity (Wildman–Crippen MR) is 200 cm³/mol. The van der Waals surface area contributed by atoms with Crippen molar-refractivity contribution in [3.63, 3.8) is 0 Å². The number of benzene rings is 7. The lowest BCUT2D eigenvalue weighted by molar-refractivity contribution is 1.17. The van der Waals surface area contributed by atoms with Crippen LogP contribution in [0.2, 0.25) is 0 Å².